The van der Waals surface area contributed by atoms with E-state index in [4.69, 9.17) is 16.7 Å². The molecule has 0 spiro atoms. The van der Waals surface area contributed by atoms with Crippen LogP contribution in [0.5, 0.6) is 0 Å². The summed E-state index contributed by atoms with van der Waals surface area (Å²) in [7, 11) is 0. The van der Waals surface area contributed by atoms with Gasteiger partial charge in [0.05, 0.1) is 17.9 Å². The van der Waals surface area contributed by atoms with Gasteiger partial charge in [-0.1, -0.05) is 30.2 Å². The standard InChI is InChI=1S/C31H31ClFN5O3/c1-19(39)35-15-24(14-21-6-10-26(33)11-7-21)30-28(18-35)29(34-37(30)27-12-8-25(32)9-13-27)31(41)38(20(2)40)36-16-22-4-3-5-23(22)17-36/h6-14,22-23H,3-5,15-18H2,1-2H3/b24-14+. The normalized spacial score (nSPS) is 21.2. The second-order valence-electron chi connectivity index (χ2n) is 11.1. The molecule has 0 N–H and O–H groups in total. The summed E-state index contributed by atoms with van der Waals surface area (Å²) in [6.07, 6.45) is 5.26. The van der Waals surface area contributed by atoms with Crippen LogP contribution in [0.3, 0.4) is 0 Å². The molecule has 2 atom stereocenters. The van der Waals surface area contributed by atoms with Gasteiger partial charge in [0.25, 0.3) is 5.91 Å². The Hall–Kier alpha value is -3.82. The van der Waals surface area contributed by atoms with Gasteiger partial charge in [-0.25, -0.2) is 19.1 Å². The van der Waals surface area contributed by atoms with Gasteiger partial charge in [0.15, 0.2) is 5.69 Å². The number of amides is 3. The number of hydrogen-bond donors (Lipinski definition) is 0. The van der Waals surface area contributed by atoms with E-state index in [1.54, 1.807) is 46.0 Å². The molecule has 3 amide bonds. The van der Waals surface area contributed by atoms with Crippen molar-refractivity contribution < 1.29 is 18.8 Å². The van der Waals surface area contributed by atoms with E-state index in [1.807, 2.05) is 11.1 Å². The molecule has 212 valence electrons. The molecule has 2 aromatic carbocycles. The number of benzene rings is 2. The number of hydrogen-bond acceptors (Lipinski definition) is 5. The van der Waals surface area contributed by atoms with Crippen LogP contribution in [0, 0.1) is 17.7 Å². The zero-order valence-corrected chi connectivity index (χ0v) is 23.8. The Balaban J connectivity index is 1.50. The van der Waals surface area contributed by atoms with Crippen molar-refractivity contribution in [3.8, 4) is 5.69 Å². The zero-order chi connectivity index (χ0) is 28.8. The monoisotopic (exact) mass is 575 g/mol. The Labute approximate surface area is 242 Å². The molecule has 2 fully saturated rings. The van der Waals surface area contributed by atoms with Crippen LogP contribution in [0.25, 0.3) is 17.3 Å². The first kappa shape index (κ1) is 27.4. The molecule has 1 aliphatic carbocycles. The van der Waals surface area contributed by atoms with E-state index in [0.29, 0.717) is 46.9 Å². The molecular formula is C31H31ClFN5O3. The molecule has 3 heterocycles. The summed E-state index contributed by atoms with van der Waals surface area (Å²) in [4.78, 5) is 41.5. The highest BCUT2D eigenvalue weighted by Gasteiger charge is 2.43. The number of carbonyl (C=O) groups excluding carboxylic acids is 3. The average molecular weight is 576 g/mol. The predicted molar refractivity (Wildman–Crippen MR) is 153 cm³/mol. The summed E-state index contributed by atoms with van der Waals surface area (Å²) in [5.74, 6) is -0.434. The minimum Gasteiger partial charge on any atom is -0.334 e. The number of rotatable bonds is 4. The van der Waals surface area contributed by atoms with Crippen molar-refractivity contribution in [3.63, 3.8) is 0 Å². The second kappa shape index (κ2) is 10.9. The fourth-order valence-electron chi connectivity index (χ4n) is 6.44. The number of imide groups is 1. The van der Waals surface area contributed by atoms with Gasteiger partial charge in [-0.3, -0.25) is 14.4 Å². The van der Waals surface area contributed by atoms with Crippen LogP contribution < -0.4 is 0 Å². The van der Waals surface area contributed by atoms with Crippen LogP contribution in [-0.4, -0.2) is 62.1 Å². The van der Waals surface area contributed by atoms with Crippen molar-refractivity contribution in [2.24, 2.45) is 11.8 Å². The van der Waals surface area contributed by atoms with E-state index in [-0.39, 0.29) is 36.4 Å². The van der Waals surface area contributed by atoms with Crippen molar-refractivity contribution in [3.05, 3.63) is 81.9 Å². The Morgan fingerprint density at radius 3 is 2.24 bits per heavy atom. The maximum Gasteiger partial charge on any atom is 0.296 e. The molecule has 1 aromatic heterocycles. The summed E-state index contributed by atoms with van der Waals surface area (Å²) >= 11 is 6.17. The maximum atomic E-state index is 14.2. The van der Waals surface area contributed by atoms with Crippen LogP contribution in [0.4, 0.5) is 4.39 Å². The van der Waals surface area contributed by atoms with Gasteiger partial charge in [-0.2, -0.15) is 5.10 Å². The largest absolute Gasteiger partial charge is 0.334 e. The molecule has 0 radical (unpaired) electrons. The number of carbonyl (C=O) groups is 3. The van der Waals surface area contributed by atoms with Gasteiger partial charge in [-0.05, 0) is 78.3 Å². The summed E-state index contributed by atoms with van der Waals surface area (Å²) in [6.45, 7) is 4.64. The predicted octanol–water partition coefficient (Wildman–Crippen LogP) is 5.20. The molecule has 8 nitrogen and oxygen atoms in total. The molecule has 3 aliphatic rings. The van der Waals surface area contributed by atoms with Crippen molar-refractivity contribution in [2.45, 2.75) is 39.7 Å². The lowest BCUT2D eigenvalue weighted by Gasteiger charge is -2.31. The third kappa shape index (κ3) is 5.20. The van der Waals surface area contributed by atoms with Crippen LogP contribution in [0.15, 0.2) is 48.5 Å². The van der Waals surface area contributed by atoms with Crippen LogP contribution in [0.2, 0.25) is 5.02 Å². The topological polar surface area (TPSA) is 78.8 Å². The van der Waals surface area contributed by atoms with Crippen molar-refractivity contribution in [1.82, 2.24) is 24.7 Å². The highest BCUT2D eigenvalue weighted by atomic mass is 35.5. The van der Waals surface area contributed by atoms with Crippen LogP contribution >= 0.6 is 11.6 Å². The summed E-state index contributed by atoms with van der Waals surface area (Å²) in [6, 6.07) is 13.2. The first-order chi connectivity index (χ1) is 19.7. The van der Waals surface area contributed by atoms with E-state index in [2.05, 4.69) is 0 Å². The van der Waals surface area contributed by atoms with Gasteiger partial charge in [-0.15, -0.1) is 0 Å². The van der Waals surface area contributed by atoms with E-state index < -0.39 is 5.91 Å². The van der Waals surface area contributed by atoms with E-state index in [9.17, 15) is 18.8 Å². The number of nitrogens with zero attached hydrogens (tertiary/aromatic N) is 5. The number of aromatic nitrogens is 2. The molecule has 2 unspecified atom stereocenters. The molecule has 1 saturated heterocycles. The fraction of sp³-hybridized carbons (Fsp3) is 0.355. The number of halogens is 2. The van der Waals surface area contributed by atoms with Crippen molar-refractivity contribution >= 4 is 41.0 Å². The molecule has 10 heteroatoms. The smallest absolute Gasteiger partial charge is 0.296 e. The average Bonchev–Trinajstić information content (AvgIpc) is 3.64. The third-order valence-electron chi connectivity index (χ3n) is 8.41. The molecule has 2 aliphatic heterocycles. The zero-order valence-electron chi connectivity index (χ0n) is 23.0. The van der Waals surface area contributed by atoms with E-state index >= 15 is 0 Å². The molecule has 41 heavy (non-hydrogen) atoms. The quantitative estimate of drug-likeness (QED) is 0.427. The van der Waals surface area contributed by atoms with Gasteiger partial charge in [0.1, 0.15) is 5.82 Å². The summed E-state index contributed by atoms with van der Waals surface area (Å²) in [5, 5.41) is 8.46. The molecule has 0 bridgehead atoms. The molecule has 3 aromatic rings. The van der Waals surface area contributed by atoms with Gasteiger partial charge < -0.3 is 4.90 Å². The SMILES string of the molecule is CC(=O)N1C/C(=C\c2ccc(F)cc2)c2c(c(C(=O)N(C(C)=O)N3CC4CCCC4C3)nn2-c2ccc(Cl)cc2)C1. The molecule has 1 saturated carbocycles. The van der Waals surface area contributed by atoms with E-state index in [1.165, 1.54) is 37.4 Å². The fourth-order valence-corrected chi connectivity index (χ4v) is 6.57. The van der Waals surface area contributed by atoms with Crippen molar-refractivity contribution in [2.75, 3.05) is 19.6 Å². The Kier molecular flexibility index (Phi) is 7.25. The Morgan fingerprint density at radius 1 is 0.976 bits per heavy atom. The van der Waals surface area contributed by atoms with E-state index in [0.717, 1.165) is 24.0 Å². The first-order valence-corrected chi connectivity index (χ1v) is 14.3. The highest BCUT2D eigenvalue weighted by molar-refractivity contribution is 6.30. The second-order valence-corrected chi connectivity index (χ2v) is 11.6. The van der Waals surface area contributed by atoms with Crippen molar-refractivity contribution in [1.29, 1.82) is 0 Å². The Bertz CT molecular complexity index is 1540. The minimum atomic E-state index is -0.507. The summed E-state index contributed by atoms with van der Waals surface area (Å²) < 4.78 is 15.3. The number of fused-ring (bicyclic) bond motifs is 2. The Morgan fingerprint density at radius 2 is 1.63 bits per heavy atom. The minimum absolute atomic E-state index is 0.123. The third-order valence-corrected chi connectivity index (χ3v) is 8.66. The maximum absolute atomic E-state index is 14.2. The lowest BCUT2D eigenvalue weighted by Crippen LogP contribution is -2.49. The summed E-state index contributed by atoms with van der Waals surface area (Å²) in [5.41, 5.74) is 3.50. The first-order valence-electron chi connectivity index (χ1n) is 13.9. The van der Waals surface area contributed by atoms with Crippen LogP contribution in [-0.2, 0) is 16.1 Å². The lowest BCUT2D eigenvalue weighted by molar-refractivity contribution is -0.139. The number of hydrazine groups is 1. The lowest BCUT2D eigenvalue weighted by atomic mass is 9.97. The van der Waals surface area contributed by atoms with Crippen LogP contribution in [0.1, 0.15) is 60.4 Å². The molecule has 6 rings (SSSR count). The van der Waals surface area contributed by atoms with Gasteiger partial charge >= 0.3 is 0 Å². The highest BCUT2D eigenvalue weighted by Crippen LogP contribution is 2.39. The van der Waals surface area contributed by atoms with Gasteiger partial charge in [0, 0.05) is 44.1 Å². The molecular weight excluding hydrogens is 545 g/mol. The van der Waals surface area contributed by atoms with Gasteiger partial charge in [0.2, 0.25) is 11.8 Å².